The van der Waals surface area contributed by atoms with Crippen molar-refractivity contribution < 1.29 is 0 Å². The summed E-state index contributed by atoms with van der Waals surface area (Å²) in [6.07, 6.45) is 0. The Hall–Kier alpha value is -1.42. The fraction of sp³-hybridized carbons (Fsp3) is 0.0714. The molecule has 18 heavy (non-hydrogen) atoms. The van der Waals surface area contributed by atoms with Crippen LogP contribution in [0.25, 0.3) is 21.5 Å². The monoisotopic (exact) mass is 276 g/mol. The summed E-state index contributed by atoms with van der Waals surface area (Å²) < 4.78 is 0. The molecule has 0 aliphatic rings. The summed E-state index contributed by atoms with van der Waals surface area (Å²) in [5.41, 5.74) is 8.99. The lowest BCUT2D eigenvalue weighted by Gasteiger charge is -2.06. The van der Waals surface area contributed by atoms with Crippen LogP contribution in [-0.2, 0) is 6.54 Å². The number of benzene rings is 1. The molecule has 3 aromatic rings. The summed E-state index contributed by atoms with van der Waals surface area (Å²) in [5, 5.41) is 3.21. The van der Waals surface area contributed by atoms with Gasteiger partial charge in [0, 0.05) is 11.9 Å². The lowest BCUT2D eigenvalue weighted by molar-refractivity contribution is 1.08. The van der Waals surface area contributed by atoms with Gasteiger partial charge in [-0.2, -0.15) is 0 Å². The van der Waals surface area contributed by atoms with E-state index in [4.69, 9.17) is 5.73 Å². The Labute approximate surface area is 116 Å². The molecule has 2 heterocycles. The zero-order valence-corrected chi connectivity index (χ0v) is 11.3. The second-order valence-corrected chi connectivity index (χ2v) is 4.81. The molecule has 92 valence electrons. The fourth-order valence-corrected chi connectivity index (χ4v) is 2.65. The molecule has 4 heteroatoms. The standard InChI is InChI=1S/C14H12N2S.ClH/c15-9-10-8-13(14-6-3-7-17-14)16-12-5-2-1-4-11(10)12;/h1-8H,9,15H2;1H. The number of aromatic nitrogens is 1. The van der Waals surface area contributed by atoms with Crippen molar-refractivity contribution in [3.63, 3.8) is 0 Å². The van der Waals surface area contributed by atoms with Crippen LogP contribution in [0.5, 0.6) is 0 Å². The minimum atomic E-state index is 0. The summed E-state index contributed by atoms with van der Waals surface area (Å²) >= 11 is 1.70. The number of fused-ring (bicyclic) bond motifs is 1. The Balaban J connectivity index is 0.00000120. The highest BCUT2D eigenvalue weighted by Crippen LogP contribution is 2.27. The van der Waals surface area contributed by atoms with Crippen molar-refractivity contribution >= 4 is 34.6 Å². The van der Waals surface area contributed by atoms with Crippen LogP contribution >= 0.6 is 23.7 Å². The predicted octanol–water partition coefficient (Wildman–Crippen LogP) is 3.84. The van der Waals surface area contributed by atoms with Crippen LogP contribution in [0.1, 0.15) is 5.56 Å². The van der Waals surface area contributed by atoms with E-state index in [1.807, 2.05) is 24.3 Å². The van der Waals surface area contributed by atoms with Gasteiger partial charge in [0.2, 0.25) is 0 Å². The molecule has 2 N–H and O–H groups in total. The molecule has 0 aliphatic heterocycles. The SMILES string of the molecule is Cl.NCc1cc(-c2cccs2)nc2ccccc12. The molecular formula is C14H13ClN2S. The van der Waals surface area contributed by atoms with E-state index in [0.29, 0.717) is 6.54 Å². The molecule has 0 aliphatic carbocycles. The van der Waals surface area contributed by atoms with Gasteiger partial charge >= 0.3 is 0 Å². The summed E-state index contributed by atoms with van der Waals surface area (Å²) in [4.78, 5) is 5.87. The van der Waals surface area contributed by atoms with Crippen LogP contribution in [0.3, 0.4) is 0 Å². The first-order valence-electron chi connectivity index (χ1n) is 5.51. The lowest BCUT2D eigenvalue weighted by atomic mass is 10.1. The molecule has 0 unspecified atom stereocenters. The second kappa shape index (κ2) is 5.48. The number of thiophene rings is 1. The van der Waals surface area contributed by atoms with Gasteiger partial charge in [0.05, 0.1) is 16.1 Å². The topological polar surface area (TPSA) is 38.9 Å². The van der Waals surface area contributed by atoms with Gasteiger partial charge in [0.15, 0.2) is 0 Å². The van der Waals surface area contributed by atoms with Crippen molar-refractivity contribution in [1.82, 2.24) is 4.98 Å². The Bertz CT molecular complexity index is 650. The van der Waals surface area contributed by atoms with Crippen LogP contribution < -0.4 is 5.73 Å². The first-order chi connectivity index (χ1) is 8.38. The van der Waals surface area contributed by atoms with E-state index in [9.17, 15) is 0 Å². The molecule has 1 aromatic carbocycles. The summed E-state index contributed by atoms with van der Waals surface area (Å²) in [6.45, 7) is 0.543. The Morgan fingerprint density at radius 1 is 1.11 bits per heavy atom. The maximum atomic E-state index is 5.81. The summed E-state index contributed by atoms with van der Waals surface area (Å²) in [7, 11) is 0. The number of rotatable bonds is 2. The third-order valence-corrected chi connectivity index (χ3v) is 3.69. The molecule has 0 amide bonds. The van der Waals surface area contributed by atoms with Crippen LogP contribution in [0.2, 0.25) is 0 Å². The zero-order valence-electron chi connectivity index (χ0n) is 9.67. The highest BCUT2D eigenvalue weighted by Gasteiger charge is 2.06. The van der Waals surface area contributed by atoms with Crippen molar-refractivity contribution in [1.29, 1.82) is 0 Å². The third-order valence-electron chi connectivity index (χ3n) is 2.80. The number of pyridine rings is 1. The van der Waals surface area contributed by atoms with Crippen molar-refractivity contribution in [3.8, 4) is 10.6 Å². The molecule has 2 nitrogen and oxygen atoms in total. The molecule has 0 radical (unpaired) electrons. The van der Waals surface area contributed by atoms with Gasteiger partial charge in [-0.3, -0.25) is 0 Å². The Morgan fingerprint density at radius 3 is 2.67 bits per heavy atom. The van der Waals surface area contributed by atoms with E-state index in [-0.39, 0.29) is 12.4 Å². The first kappa shape index (κ1) is 13.0. The summed E-state index contributed by atoms with van der Waals surface area (Å²) in [5.74, 6) is 0. The van der Waals surface area contributed by atoms with Crippen molar-refractivity contribution in [3.05, 3.63) is 53.4 Å². The Morgan fingerprint density at radius 2 is 1.94 bits per heavy atom. The number of para-hydroxylation sites is 1. The maximum absolute atomic E-state index is 5.81. The zero-order chi connectivity index (χ0) is 11.7. The van der Waals surface area contributed by atoms with Gasteiger partial charge in [-0.25, -0.2) is 4.98 Å². The van der Waals surface area contributed by atoms with Gasteiger partial charge in [-0.15, -0.1) is 23.7 Å². The number of hydrogen-bond donors (Lipinski definition) is 1. The summed E-state index contributed by atoms with van der Waals surface area (Å²) in [6, 6.07) is 14.4. The van der Waals surface area contributed by atoms with Crippen molar-refractivity contribution in [2.24, 2.45) is 5.73 Å². The van der Waals surface area contributed by atoms with E-state index in [1.165, 1.54) is 4.88 Å². The van der Waals surface area contributed by atoms with Crippen molar-refractivity contribution in [2.75, 3.05) is 0 Å². The largest absolute Gasteiger partial charge is 0.326 e. The average Bonchev–Trinajstić information content (AvgIpc) is 2.91. The van der Waals surface area contributed by atoms with E-state index in [2.05, 4.69) is 28.6 Å². The normalized spacial score (nSPS) is 10.3. The first-order valence-corrected chi connectivity index (χ1v) is 6.39. The van der Waals surface area contributed by atoms with E-state index < -0.39 is 0 Å². The Kier molecular flexibility index (Phi) is 3.97. The van der Waals surface area contributed by atoms with Gasteiger partial charge in [0.1, 0.15) is 0 Å². The molecule has 0 saturated heterocycles. The molecule has 0 saturated carbocycles. The number of hydrogen-bond acceptors (Lipinski definition) is 3. The van der Waals surface area contributed by atoms with Gasteiger partial charge in [-0.1, -0.05) is 24.3 Å². The smallest absolute Gasteiger partial charge is 0.0812 e. The van der Waals surface area contributed by atoms with E-state index in [0.717, 1.165) is 22.2 Å². The molecule has 0 fully saturated rings. The molecule has 0 spiro atoms. The number of nitrogens with zero attached hydrogens (tertiary/aromatic N) is 1. The van der Waals surface area contributed by atoms with Gasteiger partial charge in [-0.05, 0) is 29.1 Å². The number of nitrogens with two attached hydrogens (primary N) is 1. The van der Waals surface area contributed by atoms with Crippen LogP contribution in [0.4, 0.5) is 0 Å². The third kappa shape index (κ3) is 2.25. The molecule has 0 atom stereocenters. The van der Waals surface area contributed by atoms with Crippen LogP contribution in [-0.4, -0.2) is 4.98 Å². The average molecular weight is 277 g/mol. The van der Waals surface area contributed by atoms with Gasteiger partial charge in [0.25, 0.3) is 0 Å². The molecular weight excluding hydrogens is 264 g/mol. The van der Waals surface area contributed by atoms with Gasteiger partial charge < -0.3 is 5.73 Å². The quantitative estimate of drug-likeness (QED) is 0.772. The highest BCUT2D eigenvalue weighted by atomic mass is 35.5. The maximum Gasteiger partial charge on any atom is 0.0812 e. The van der Waals surface area contributed by atoms with Crippen LogP contribution in [0.15, 0.2) is 47.8 Å². The minimum Gasteiger partial charge on any atom is -0.326 e. The predicted molar refractivity (Wildman–Crippen MR) is 80.2 cm³/mol. The highest BCUT2D eigenvalue weighted by molar-refractivity contribution is 7.13. The molecule has 2 aromatic heterocycles. The van der Waals surface area contributed by atoms with E-state index in [1.54, 1.807) is 11.3 Å². The van der Waals surface area contributed by atoms with E-state index >= 15 is 0 Å². The van der Waals surface area contributed by atoms with Crippen LogP contribution in [0, 0.1) is 0 Å². The molecule has 3 rings (SSSR count). The molecule has 0 bridgehead atoms. The second-order valence-electron chi connectivity index (χ2n) is 3.87. The van der Waals surface area contributed by atoms with Crippen molar-refractivity contribution in [2.45, 2.75) is 6.54 Å². The lowest BCUT2D eigenvalue weighted by Crippen LogP contribution is -1.99. The number of halogens is 1. The fourth-order valence-electron chi connectivity index (χ4n) is 1.97. The minimum absolute atomic E-state index is 0.